The second-order valence-corrected chi connectivity index (χ2v) is 7.42. The van der Waals surface area contributed by atoms with Gasteiger partial charge < -0.3 is 40.6 Å². The zero-order chi connectivity index (χ0) is 25.6. The first kappa shape index (κ1) is 27.4. The molecule has 1 aromatic carbocycles. The highest BCUT2D eigenvalue weighted by atomic mass is 32.1. The van der Waals surface area contributed by atoms with Crippen LogP contribution < -0.4 is 30.7 Å². The molecule has 5 N–H and O–H groups in total. The number of nitrogens with zero attached hydrogens (tertiary/aromatic N) is 2. The third kappa shape index (κ3) is 9.49. The van der Waals surface area contributed by atoms with E-state index in [1.54, 1.807) is 39.3 Å². The minimum absolute atomic E-state index is 0.0212. The highest BCUT2D eigenvalue weighted by Crippen LogP contribution is 2.27. The molecule has 0 unspecified atom stereocenters. The van der Waals surface area contributed by atoms with Crippen molar-refractivity contribution in [2.75, 3.05) is 51.1 Å². The summed E-state index contributed by atoms with van der Waals surface area (Å²) in [6.45, 7) is 3.19. The molecule has 12 nitrogen and oxygen atoms in total. The lowest BCUT2D eigenvalue weighted by Gasteiger charge is -2.14. The number of hydrogen-bond acceptors (Lipinski definition) is 10. The maximum absolute atomic E-state index is 12.4. The van der Waals surface area contributed by atoms with E-state index in [4.69, 9.17) is 31.5 Å². The van der Waals surface area contributed by atoms with Crippen molar-refractivity contribution >= 4 is 46.7 Å². The van der Waals surface area contributed by atoms with Gasteiger partial charge in [-0.2, -0.15) is 4.98 Å². The monoisotopic (exact) mass is 506 g/mol. The number of carboxylic acid groups (broad SMARTS) is 1. The van der Waals surface area contributed by atoms with Crippen LogP contribution in [0, 0.1) is 0 Å². The number of benzene rings is 1. The molecule has 1 aromatic heterocycles. The number of aromatic nitrogens is 2. The number of hydrogen-bond donors (Lipinski definition) is 5. The van der Waals surface area contributed by atoms with Gasteiger partial charge in [0, 0.05) is 49.7 Å². The quantitative estimate of drug-likeness (QED) is 0.144. The van der Waals surface area contributed by atoms with E-state index in [0.29, 0.717) is 47.6 Å². The summed E-state index contributed by atoms with van der Waals surface area (Å²) >= 11 is 5.10. The van der Waals surface area contributed by atoms with Crippen LogP contribution in [-0.4, -0.2) is 72.6 Å². The third-order valence-electron chi connectivity index (χ3n) is 4.45. The molecule has 0 fully saturated rings. The van der Waals surface area contributed by atoms with Crippen LogP contribution in [0.2, 0.25) is 0 Å². The molecule has 0 aliphatic heterocycles. The fraction of sp³-hybridized carbons (Fsp3) is 0.409. The van der Waals surface area contributed by atoms with Gasteiger partial charge in [0.15, 0.2) is 5.11 Å². The van der Waals surface area contributed by atoms with Crippen LogP contribution in [0.5, 0.6) is 11.5 Å². The molecule has 13 heteroatoms. The van der Waals surface area contributed by atoms with Crippen LogP contribution in [0.1, 0.15) is 30.1 Å². The van der Waals surface area contributed by atoms with E-state index in [1.807, 2.05) is 0 Å². The number of aliphatic carboxylic acids is 1. The third-order valence-corrected chi connectivity index (χ3v) is 4.74. The van der Waals surface area contributed by atoms with Crippen molar-refractivity contribution < 1.29 is 28.9 Å². The molecule has 0 spiro atoms. The summed E-state index contributed by atoms with van der Waals surface area (Å²) in [4.78, 5) is 31.6. The van der Waals surface area contributed by atoms with E-state index < -0.39 is 11.9 Å². The van der Waals surface area contributed by atoms with Gasteiger partial charge in [-0.1, -0.05) is 0 Å². The SMILES string of the molecule is CCOC(=O)c1cnc(Nc2cc(OC)cc(OC)c2)nc1NCCCNC(=S)NCCC(=O)O. The number of nitrogens with one attached hydrogen (secondary N) is 4. The van der Waals surface area contributed by atoms with E-state index in [9.17, 15) is 9.59 Å². The number of rotatable bonds is 14. The first-order valence-corrected chi connectivity index (χ1v) is 11.3. The highest BCUT2D eigenvalue weighted by molar-refractivity contribution is 7.80. The van der Waals surface area contributed by atoms with Crippen LogP contribution in [0.3, 0.4) is 0 Å². The molecule has 2 aromatic rings. The van der Waals surface area contributed by atoms with Gasteiger partial charge >= 0.3 is 11.9 Å². The molecule has 0 aliphatic carbocycles. The molecular weight excluding hydrogens is 476 g/mol. The Morgan fingerprint density at radius 3 is 2.37 bits per heavy atom. The van der Waals surface area contributed by atoms with Crippen LogP contribution >= 0.6 is 12.2 Å². The van der Waals surface area contributed by atoms with Gasteiger partial charge in [0.1, 0.15) is 22.9 Å². The Labute approximate surface area is 208 Å². The molecular formula is C22H30N6O6S. The molecule has 0 aliphatic rings. The number of carboxylic acids is 1. The lowest BCUT2D eigenvalue weighted by atomic mass is 10.2. The largest absolute Gasteiger partial charge is 0.497 e. The van der Waals surface area contributed by atoms with Crippen molar-refractivity contribution in [2.24, 2.45) is 0 Å². The first-order valence-electron chi connectivity index (χ1n) is 10.9. The van der Waals surface area contributed by atoms with Gasteiger partial charge in [-0.15, -0.1) is 0 Å². The lowest BCUT2D eigenvalue weighted by molar-refractivity contribution is -0.136. The summed E-state index contributed by atoms with van der Waals surface area (Å²) in [7, 11) is 3.11. The van der Waals surface area contributed by atoms with Gasteiger partial charge in [0.25, 0.3) is 0 Å². The number of thiocarbonyl (C=S) groups is 1. The number of carbonyl (C=O) groups excluding carboxylic acids is 1. The van der Waals surface area contributed by atoms with Crippen molar-refractivity contribution in [1.82, 2.24) is 20.6 Å². The number of carbonyl (C=O) groups is 2. The van der Waals surface area contributed by atoms with Crippen LogP contribution in [-0.2, 0) is 9.53 Å². The number of methoxy groups -OCH3 is 2. The molecule has 0 saturated carbocycles. The van der Waals surface area contributed by atoms with Crippen molar-refractivity contribution in [2.45, 2.75) is 19.8 Å². The lowest BCUT2D eigenvalue weighted by Crippen LogP contribution is -2.37. The summed E-state index contributed by atoms with van der Waals surface area (Å²) in [5, 5.41) is 21.1. The van der Waals surface area contributed by atoms with Gasteiger partial charge in [0.2, 0.25) is 5.95 Å². The molecule has 190 valence electrons. The Balaban J connectivity index is 2.02. The van der Waals surface area contributed by atoms with Gasteiger partial charge in [-0.3, -0.25) is 4.79 Å². The molecule has 0 saturated heterocycles. The number of anilines is 3. The van der Waals surface area contributed by atoms with Crippen molar-refractivity contribution in [3.63, 3.8) is 0 Å². The summed E-state index contributed by atoms with van der Waals surface area (Å²) in [5.74, 6) is 0.334. The smallest absolute Gasteiger partial charge is 0.343 e. The predicted molar refractivity (Wildman–Crippen MR) is 135 cm³/mol. The summed E-state index contributed by atoms with van der Waals surface area (Å²) in [6, 6.07) is 5.26. The highest BCUT2D eigenvalue weighted by Gasteiger charge is 2.16. The predicted octanol–water partition coefficient (Wildman–Crippen LogP) is 2.15. The molecule has 1 heterocycles. The molecule has 0 amide bonds. The molecule has 0 bridgehead atoms. The van der Waals surface area contributed by atoms with Crippen molar-refractivity contribution in [3.8, 4) is 11.5 Å². The van der Waals surface area contributed by atoms with Crippen LogP contribution in [0.25, 0.3) is 0 Å². The maximum atomic E-state index is 12.4. The molecule has 0 radical (unpaired) electrons. The molecule has 35 heavy (non-hydrogen) atoms. The fourth-order valence-corrected chi connectivity index (χ4v) is 2.99. The van der Waals surface area contributed by atoms with E-state index in [1.165, 1.54) is 6.20 Å². The van der Waals surface area contributed by atoms with E-state index in [-0.39, 0.29) is 31.1 Å². The standard InChI is InChI=1S/C22H30N6O6S/c1-4-34-20(31)17-13-26-21(27-14-10-15(32-2)12-16(11-14)33-3)28-19(17)23-7-5-8-24-22(35)25-9-6-18(29)30/h10-13H,4-9H2,1-3H3,(H,29,30)(H2,24,25,35)(H2,23,26,27,28). The van der Waals surface area contributed by atoms with Crippen molar-refractivity contribution in [3.05, 3.63) is 30.0 Å². The normalized spacial score (nSPS) is 10.1. The van der Waals surface area contributed by atoms with E-state index in [2.05, 4.69) is 31.2 Å². The number of ether oxygens (including phenoxy) is 3. The van der Waals surface area contributed by atoms with Crippen LogP contribution in [0.15, 0.2) is 24.4 Å². The Hall–Kier alpha value is -3.87. The summed E-state index contributed by atoms with van der Waals surface area (Å²) < 4.78 is 15.7. The maximum Gasteiger partial charge on any atom is 0.343 e. The van der Waals surface area contributed by atoms with Gasteiger partial charge in [-0.05, 0) is 25.6 Å². The van der Waals surface area contributed by atoms with Crippen molar-refractivity contribution in [1.29, 1.82) is 0 Å². The zero-order valence-electron chi connectivity index (χ0n) is 19.8. The summed E-state index contributed by atoms with van der Waals surface area (Å²) in [5.41, 5.74) is 0.851. The first-order chi connectivity index (χ1) is 16.9. The zero-order valence-corrected chi connectivity index (χ0v) is 20.7. The fourth-order valence-electron chi connectivity index (χ4n) is 2.79. The summed E-state index contributed by atoms with van der Waals surface area (Å²) in [6.07, 6.45) is 2.02. The van der Waals surface area contributed by atoms with Gasteiger partial charge in [-0.25, -0.2) is 9.78 Å². The van der Waals surface area contributed by atoms with Crippen LogP contribution in [0.4, 0.5) is 17.5 Å². The number of esters is 1. The van der Waals surface area contributed by atoms with E-state index >= 15 is 0 Å². The average Bonchev–Trinajstić information content (AvgIpc) is 2.83. The van der Waals surface area contributed by atoms with Gasteiger partial charge in [0.05, 0.1) is 27.2 Å². The minimum atomic E-state index is -0.897. The second-order valence-electron chi connectivity index (χ2n) is 7.01. The molecule has 2 rings (SSSR count). The van der Waals surface area contributed by atoms with E-state index in [0.717, 1.165) is 0 Å². The molecule has 0 atom stereocenters. The minimum Gasteiger partial charge on any atom is -0.497 e. The Kier molecular flexibility index (Phi) is 11.3. The second kappa shape index (κ2) is 14.4. The Bertz CT molecular complexity index is 1000. The Morgan fingerprint density at radius 2 is 1.74 bits per heavy atom. The average molecular weight is 507 g/mol. The topological polar surface area (TPSA) is 156 Å². The Morgan fingerprint density at radius 1 is 1.06 bits per heavy atom.